The summed E-state index contributed by atoms with van der Waals surface area (Å²) in [6.45, 7) is 3.86. The molecule has 1 N–H and O–H groups in total. The van der Waals surface area contributed by atoms with Gasteiger partial charge >= 0.3 is 0 Å². The minimum atomic E-state index is -0.141. The van der Waals surface area contributed by atoms with E-state index in [-0.39, 0.29) is 11.2 Å². The van der Waals surface area contributed by atoms with Crippen LogP contribution in [0.1, 0.15) is 18.1 Å². The van der Waals surface area contributed by atoms with Gasteiger partial charge in [0.25, 0.3) is 0 Å². The van der Waals surface area contributed by atoms with E-state index in [0.717, 1.165) is 21.5 Å². The third-order valence-electron chi connectivity index (χ3n) is 3.22. The summed E-state index contributed by atoms with van der Waals surface area (Å²) in [5.41, 5.74) is 2.97. The monoisotopic (exact) mass is 397 g/mol. The number of amides is 1. The van der Waals surface area contributed by atoms with Crippen molar-refractivity contribution in [3.8, 4) is 0 Å². The average Bonchev–Trinajstić information content (AvgIpc) is 2.48. The van der Waals surface area contributed by atoms with Crippen molar-refractivity contribution in [1.82, 2.24) is 0 Å². The van der Waals surface area contributed by atoms with Crippen molar-refractivity contribution in [3.63, 3.8) is 0 Å². The van der Waals surface area contributed by atoms with Crippen LogP contribution >= 0.6 is 39.3 Å². The number of carbonyl (C=O) groups is 1. The topological polar surface area (TPSA) is 29.1 Å². The zero-order valence-electron chi connectivity index (χ0n) is 12.4. The molecule has 0 saturated carbocycles. The summed E-state index contributed by atoms with van der Waals surface area (Å²) in [6.07, 6.45) is 0. The molecular formula is C17H17BrClNOS. The Morgan fingerprint density at radius 1 is 1.32 bits per heavy atom. The number of aryl methyl sites for hydroxylation is 1. The molecule has 2 nitrogen and oxygen atoms in total. The van der Waals surface area contributed by atoms with Crippen molar-refractivity contribution < 1.29 is 4.79 Å². The number of hydrogen-bond donors (Lipinski definition) is 1. The molecule has 22 heavy (non-hydrogen) atoms. The fourth-order valence-corrected chi connectivity index (χ4v) is 3.34. The molecule has 5 heteroatoms. The van der Waals surface area contributed by atoms with Gasteiger partial charge in [-0.25, -0.2) is 0 Å². The second kappa shape index (κ2) is 8.04. The molecule has 1 amide bonds. The second-order valence-electron chi connectivity index (χ2n) is 5.03. The number of nitrogens with one attached hydrogen (secondary N) is 1. The lowest BCUT2D eigenvalue weighted by molar-refractivity contribution is -0.115. The summed E-state index contributed by atoms with van der Waals surface area (Å²) in [6, 6.07) is 13.6. The van der Waals surface area contributed by atoms with Gasteiger partial charge in [0.05, 0.1) is 5.25 Å². The van der Waals surface area contributed by atoms with Gasteiger partial charge < -0.3 is 5.32 Å². The van der Waals surface area contributed by atoms with E-state index in [9.17, 15) is 4.79 Å². The summed E-state index contributed by atoms with van der Waals surface area (Å²) in [5.74, 6) is 0.785. The van der Waals surface area contributed by atoms with Gasteiger partial charge in [-0.3, -0.25) is 4.79 Å². The van der Waals surface area contributed by atoms with Crippen molar-refractivity contribution in [2.75, 3.05) is 5.32 Å². The second-order valence-corrected chi connectivity index (χ2v) is 7.71. The molecule has 1 atom stereocenters. The lowest BCUT2D eigenvalue weighted by Gasteiger charge is -2.14. The van der Waals surface area contributed by atoms with Crippen LogP contribution in [0.15, 0.2) is 46.9 Å². The Hall–Kier alpha value is -0.970. The van der Waals surface area contributed by atoms with Gasteiger partial charge in [0.15, 0.2) is 0 Å². The third kappa shape index (κ3) is 5.04. The molecule has 0 bridgehead atoms. The Morgan fingerprint density at radius 3 is 2.82 bits per heavy atom. The van der Waals surface area contributed by atoms with Crippen LogP contribution in [0.5, 0.6) is 0 Å². The first-order chi connectivity index (χ1) is 10.5. The van der Waals surface area contributed by atoms with Crippen LogP contribution in [0, 0.1) is 6.92 Å². The Balaban J connectivity index is 1.93. The minimum Gasteiger partial charge on any atom is -0.325 e. The lowest BCUT2D eigenvalue weighted by atomic mass is 10.2. The SMILES string of the molecule is Cc1ccc(Cl)cc1NC(=O)[C@H](C)SCc1cccc(Br)c1. The van der Waals surface area contributed by atoms with E-state index in [2.05, 4.69) is 33.4 Å². The molecule has 0 saturated heterocycles. The molecule has 0 radical (unpaired) electrons. The highest BCUT2D eigenvalue weighted by Crippen LogP contribution is 2.24. The molecule has 0 fully saturated rings. The molecule has 0 aromatic heterocycles. The van der Waals surface area contributed by atoms with Crippen LogP contribution in [0.4, 0.5) is 5.69 Å². The Kier molecular flexibility index (Phi) is 6.36. The van der Waals surface area contributed by atoms with Crippen LogP contribution in [-0.4, -0.2) is 11.2 Å². The molecule has 0 aliphatic rings. The lowest BCUT2D eigenvalue weighted by Crippen LogP contribution is -2.23. The van der Waals surface area contributed by atoms with Gasteiger partial charge in [-0.05, 0) is 49.2 Å². The molecule has 2 aromatic carbocycles. The molecule has 2 rings (SSSR count). The Labute approximate surface area is 148 Å². The van der Waals surface area contributed by atoms with Crippen molar-refractivity contribution in [3.05, 3.63) is 63.1 Å². The Bertz CT molecular complexity index is 677. The van der Waals surface area contributed by atoms with Gasteiger partial charge in [0.1, 0.15) is 0 Å². The standard InChI is InChI=1S/C17H17BrClNOS/c1-11-6-7-15(19)9-16(11)20-17(21)12(2)22-10-13-4-3-5-14(18)8-13/h3-9,12H,10H2,1-2H3,(H,20,21)/t12-/m0/s1. The minimum absolute atomic E-state index is 0.00892. The molecule has 0 aliphatic carbocycles. The largest absolute Gasteiger partial charge is 0.325 e. The van der Waals surface area contributed by atoms with Crippen LogP contribution < -0.4 is 5.32 Å². The van der Waals surface area contributed by atoms with Crippen LogP contribution in [0.2, 0.25) is 5.02 Å². The van der Waals surface area contributed by atoms with E-state index >= 15 is 0 Å². The normalized spacial score (nSPS) is 12.0. The van der Waals surface area contributed by atoms with Crippen LogP contribution in [0.3, 0.4) is 0 Å². The smallest absolute Gasteiger partial charge is 0.237 e. The van der Waals surface area contributed by atoms with E-state index in [1.807, 2.05) is 38.1 Å². The van der Waals surface area contributed by atoms with Gasteiger partial charge in [0, 0.05) is 20.9 Å². The number of benzene rings is 2. The maximum atomic E-state index is 12.3. The molecule has 2 aromatic rings. The van der Waals surface area contributed by atoms with E-state index < -0.39 is 0 Å². The van der Waals surface area contributed by atoms with E-state index in [4.69, 9.17) is 11.6 Å². The summed E-state index contributed by atoms with van der Waals surface area (Å²) in [7, 11) is 0. The molecule has 0 spiro atoms. The zero-order chi connectivity index (χ0) is 16.1. The highest BCUT2D eigenvalue weighted by atomic mass is 79.9. The fourth-order valence-electron chi connectivity index (χ4n) is 1.89. The van der Waals surface area contributed by atoms with Crippen molar-refractivity contribution in [2.45, 2.75) is 24.9 Å². The number of halogens is 2. The van der Waals surface area contributed by atoms with Crippen molar-refractivity contribution >= 4 is 50.9 Å². The molecular weight excluding hydrogens is 382 g/mol. The van der Waals surface area contributed by atoms with E-state index in [0.29, 0.717) is 5.02 Å². The average molecular weight is 399 g/mol. The molecule has 116 valence electrons. The number of anilines is 1. The van der Waals surface area contributed by atoms with Crippen molar-refractivity contribution in [1.29, 1.82) is 0 Å². The van der Waals surface area contributed by atoms with Gasteiger partial charge in [-0.15, -0.1) is 11.8 Å². The molecule has 0 unspecified atom stereocenters. The summed E-state index contributed by atoms with van der Waals surface area (Å²) < 4.78 is 1.05. The quantitative estimate of drug-likeness (QED) is 0.703. The number of thioether (sulfide) groups is 1. The first-order valence-electron chi connectivity index (χ1n) is 6.89. The third-order valence-corrected chi connectivity index (χ3v) is 5.16. The first kappa shape index (κ1) is 17.4. The fraction of sp³-hybridized carbons (Fsp3) is 0.235. The van der Waals surface area contributed by atoms with Crippen LogP contribution in [-0.2, 0) is 10.5 Å². The van der Waals surface area contributed by atoms with Gasteiger partial charge in [-0.1, -0.05) is 45.7 Å². The highest BCUT2D eigenvalue weighted by molar-refractivity contribution is 9.10. The summed E-state index contributed by atoms with van der Waals surface area (Å²) in [4.78, 5) is 12.3. The Morgan fingerprint density at radius 2 is 2.09 bits per heavy atom. The predicted molar refractivity (Wildman–Crippen MR) is 99.7 cm³/mol. The van der Waals surface area contributed by atoms with E-state index in [1.54, 1.807) is 17.8 Å². The maximum absolute atomic E-state index is 12.3. The van der Waals surface area contributed by atoms with Crippen LogP contribution in [0.25, 0.3) is 0 Å². The maximum Gasteiger partial charge on any atom is 0.237 e. The molecule has 0 heterocycles. The van der Waals surface area contributed by atoms with Gasteiger partial charge in [0.2, 0.25) is 5.91 Å². The molecule has 0 aliphatic heterocycles. The number of carbonyl (C=O) groups excluding carboxylic acids is 1. The highest BCUT2D eigenvalue weighted by Gasteiger charge is 2.14. The summed E-state index contributed by atoms with van der Waals surface area (Å²) in [5, 5.41) is 3.42. The number of rotatable bonds is 5. The summed E-state index contributed by atoms with van der Waals surface area (Å²) >= 11 is 11.0. The van der Waals surface area contributed by atoms with Gasteiger partial charge in [-0.2, -0.15) is 0 Å². The van der Waals surface area contributed by atoms with E-state index in [1.165, 1.54) is 5.56 Å². The van der Waals surface area contributed by atoms with Crippen molar-refractivity contribution in [2.24, 2.45) is 0 Å². The number of hydrogen-bond acceptors (Lipinski definition) is 2. The zero-order valence-corrected chi connectivity index (χ0v) is 15.6. The predicted octanol–water partition coefficient (Wildman–Crippen LogP) is 5.67. The first-order valence-corrected chi connectivity index (χ1v) is 9.11.